The van der Waals surface area contributed by atoms with Gasteiger partial charge in [0.25, 0.3) is 0 Å². The maximum Gasteiger partial charge on any atom is 0.228 e. The topological polar surface area (TPSA) is 40.5 Å². The largest absolute Gasteiger partial charge is 0.395 e. The van der Waals surface area contributed by atoms with Gasteiger partial charge in [-0.2, -0.15) is 0 Å². The van der Waals surface area contributed by atoms with Crippen LogP contribution in [0.4, 0.5) is 0 Å². The van der Waals surface area contributed by atoms with Crippen molar-refractivity contribution >= 4 is 5.91 Å². The molecule has 0 aromatic rings. The van der Waals surface area contributed by atoms with Crippen LogP contribution in [0.2, 0.25) is 0 Å². The lowest BCUT2D eigenvalue weighted by molar-refractivity contribution is -0.139. The summed E-state index contributed by atoms with van der Waals surface area (Å²) in [6.07, 6.45) is 5.72. The Hall–Kier alpha value is -0.570. The summed E-state index contributed by atoms with van der Waals surface area (Å²) in [4.78, 5) is 13.7. The standard InChI is InChI=1S/C13H27NO2/c1-5-6-7-8-9-13(2,3)12(16)14(4)10-11-15/h15H,5-11H2,1-4H3. The summed E-state index contributed by atoms with van der Waals surface area (Å²) in [6.45, 7) is 6.64. The lowest BCUT2D eigenvalue weighted by Gasteiger charge is -2.29. The molecule has 0 aliphatic rings. The predicted molar refractivity (Wildman–Crippen MR) is 67.3 cm³/mol. The van der Waals surface area contributed by atoms with Crippen LogP contribution in [0.1, 0.15) is 52.9 Å². The molecule has 3 nitrogen and oxygen atoms in total. The number of aliphatic hydroxyl groups excluding tert-OH is 1. The zero-order valence-corrected chi connectivity index (χ0v) is 11.3. The van der Waals surface area contributed by atoms with Gasteiger partial charge >= 0.3 is 0 Å². The van der Waals surface area contributed by atoms with Gasteiger partial charge in [-0.05, 0) is 6.42 Å². The molecule has 0 aliphatic heterocycles. The Bertz CT molecular complexity index is 202. The highest BCUT2D eigenvalue weighted by Crippen LogP contribution is 2.26. The second kappa shape index (κ2) is 7.66. The van der Waals surface area contributed by atoms with Gasteiger partial charge in [-0.3, -0.25) is 4.79 Å². The molecule has 0 saturated heterocycles. The fraction of sp³-hybridized carbons (Fsp3) is 0.923. The van der Waals surface area contributed by atoms with Crippen molar-refractivity contribution in [3.63, 3.8) is 0 Å². The van der Waals surface area contributed by atoms with Crippen LogP contribution in [0.3, 0.4) is 0 Å². The Kier molecular flexibility index (Phi) is 7.39. The quantitative estimate of drug-likeness (QED) is 0.649. The molecule has 0 saturated carbocycles. The fourth-order valence-corrected chi connectivity index (χ4v) is 1.87. The number of carbonyl (C=O) groups excluding carboxylic acids is 1. The number of carbonyl (C=O) groups is 1. The van der Waals surface area contributed by atoms with Crippen LogP contribution in [0.5, 0.6) is 0 Å². The molecule has 0 radical (unpaired) electrons. The molecule has 1 N–H and O–H groups in total. The predicted octanol–water partition coefficient (Wildman–Crippen LogP) is 2.43. The third-order valence-electron chi connectivity index (χ3n) is 3.02. The Morgan fingerprint density at radius 1 is 1.25 bits per heavy atom. The first-order chi connectivity index (χ1) is 7.45. The van der Waals surface area contributed by atoms with E-state index >= 15 is 0 Å². The van der Waals surface area contributed by atoms with E-state index < -0.39 is 0 Å². The first-order valence-electron chi connectivity index (χ1n) is 6.32. The summed E-state index contributed by atoms with van der Waals surface area (Å²) < 4.78 is 0. The van der Waals surface area contributed by atoms with Crippen LogP contribution in [0.15, 0.2) is 0 Å². The number of amides is 1. The van der Waals surface area contributed by atoms with E-state index in [1.165, 1.54) is 19.3 Å². The fourth-order valence-electron chi connectivity index (χ4n) is 1.87. The normalized spacial score (nSPS) is 11.6. The summed E-state index contributed by atoms with van der Waals surface area (Å²) in [7, 11) is 1.76. The highest BCUT2D eigenvalue weighted by Gasteiger charge is 2.29. The van der Waals surface area contributed by atoms with Crippen LogP contribution < -0.4 is 0 Å². The van der Waals surface area contributed by atoms with E-state index in [0.29, 0.717) is 6.54 Å². The Balaban J connectivity index is 4.04. The number of aliphatic hydroxyl groups is 1. The summed E-state index contributed by atoms with van der Waals surface area (Å²) in [6, 6.07) is 0. The summed E-state index contributed by atoms with van der Waals surface area (Å²) in [5.41, 5.74) is -0.294. The molecule has 0 aromatic heterocycles. The molecule has 0 spiro atoms. The average molecular weight is 229 g/mol. The van der Waals surface area contributed by atoms with Gasteiger partial charge in [0.2, 0.25) is 5.91 Å². The summed E-state index contributed by atoms with van der Waals surface area (Å²) >= 11 is 0. The van der Waals surface area contributed by atoms with Gasteiger partial charge in [0.15, 0.2) is 0 Å². The second-order valence-electron chi connectivity index (χ2n) is 5.14. The third kappa shape index (κ3) is 5.50. The first-order valence-corrected chi connectivity index (χ1v) is 6.32. The van der Waals surface area contributed by atoms with Crippen LogP contribution >= 0.6 is 0 Å². The van der Waals surface area contributed by atoms with E-state index in [2.05, 4.69) is 6.92 Å². The van der Waals surface area contributed by atoms with Crippen LogP contribution in [0, 0.1) is 5.41 Å². The van der Waals surface area contributed by atoms with Crippen molar-refractivity contribution in [3.8, 4) is 0 Å². The molecule has 0 atom stereocenters. The van der Waals surface area contributed by atoms with Gasteiger partial charge in [0, 0.05) is 19.0 Å². The Morgan fingerprint density at radius 2 is 1.88 bits per heavy atom. The monoisotopic (exact) mass is 229 g/mol. The molecule has 0 heterocycles. The highest BCUT2D eigenvalue weighted by atomic mass is 16.3. The maximum atomic E-state index is 12.0. The van der Waals surface area contributed by atoms with Crippen LogP contribution in [-0.4, -0.2) is 36.1 Å². The minimum atomic E-state index is -0.294. The lowest BCUT2D eigenvalue weighted by atomic mass is 9.85. The van der Waals surface area contributed by atoms with Crippen molar-refractivity contribution in [1.82, 2.24) is 4.90 Å². The van der Waals surface area contributed by atoms with E-state index in [4.69, 9.17) is 5.11 Å². The van der Waals surface area contributed by atoms with Gasteiger partial charge in [0.1, 0.15) is 0 Å². The molecule has 0 unspecified atom stereocenters. The lowest BCUT2D eigenvalue weighted by Crippen LogP contribution is -2.39. The SMILES string of the molecule is CCCCCCC(C)(C)C(=O)N(C)CCO. The first kappa shape index (κ1) is 15.4. The van der Waals surface area contributed by atoms with Crippen molar-refractivity contribution in [2.45, 2.75) is 52.9 Å². The molecule has 16 heavy (non-hydrogen) atoms. The Labute approximate surface area is 99.8 Å². The highest BCUT2D eigenvalue weighted by molar-refractivity contribution is 5.81. The second-order valence-corrected chi connectivity index (χ2v) is 5.14. The number of rotatable bonds is 8. The number of nitrogens with zero attached hydrogens (tertiary/aromatic N) is 1. The molecule has 0 aromatic carbocycles. The molecule has 96 valence electrons. The van der Waals surface area contributed by atoms with E-state index in [0.717, 1.165) is 12.8 Å². The number of hydrogen-bond donors (Lipinski definition) is 1. The van der Waals surface area contributed by atoms with Crippen LogP contribution in [0.25, 0.3) is 0 Å². The molecule has 0 rings (SSSR count). The number of likely N-dealkylation sites (N-methyl/N-ethyl adjacent to an activating group) is 1. The zero-order valence-electron chi connectivity index (χ0n) is 11.3. The minimum Gasteiger partial charge on any atom is -0.395 e. The van der Waals surface area contributed by atoms with Crippen molar-refractivity contribution < 1.29 is 9.90 Å². The Morgan fingerprint density at radius 3 is 2.38 bits per heavy atom. The molecular formula is C13H27NO2. The van der Waals surface area contributed by atoms with Gasteiger partial charge < -0.3 is 10.0 Å². The maximum absolute atomic E-state index is 12.0. The molecular weight excluding hydrogens is 202 g/mol. The van der Waals surface area contributed by atoms with Gasteiger partial charge in [-0.1, -0.05) is 46.5 Å². The number of hydrogen-bond acceptors (Lipinski definition) is 2. The van der Waals surface area contributed by atoms with Gasteiger partial charge in [-0.15, -0.1) is 0 Å². The summed E-state index contributed by atoms with van der Waals surface area (Å²) in [5.74, 6) is 0.137. The van der Waals surface area contributed by atoms with E-state index in [1.807, 2.05) is 13.8 Å². The molecule has 3 heteroatoms. The van der Waals surface area contributed by atoms with Crippen molar-refractivity contribution in [3.05, 3.63) is 0 Å². The van der Waals surface area contributed by atoms with Crippen molar-refractivity contribution in [2.24, 2.45) is 5.41 Å². The van der Waals surface area contributed by atoms with Crippen molar-refractivity contribution in [2.75, 3.05) is 20.2 Å². The minimum absolute atomic E-state index is 0.0359. The van der Waals surface area contributed by atoms with E-state index in [1.54, 1.807) is 11.9 Å². The van der Waals surface area contributed by atoms with Crippen molar-refractivity contribution in [1.29, 1.82) is 0 Å². The van der Waals surface area contributed by atoms with E-state index in [-0.39, 0.29) is 17.9 Å². The zero-order chi connectivity index (χ0) is 12.6. The van der Waals surface area contributed by atoms with Crippen LogP contribution in [-0.2, 0) is 4.79 Å². The van der Waals surface area contributed by atoms with E-state index in [9.17, 15) is 4.79 Å². The summed E-state index contributed by atoms with van der Waals surface area (Å²) in [5, 5.41) is 8.80. The molecule has 0 aliphatic carbocycles. The smallest absolute Gasteiger partial charge is 0.228 e. The third-order valence-corrected chi connectivity index (χ3v) is 3.02. The average Bonchev–Trinajstić information content (AvgIpc) is 2.23. The molecule has 0 fully saturated rings. The van der Waals surface area contributed by atoms with Gasteiger partial charge in [-0.25, -0.2) is 0 Å². The van der Waals surface area contributed by atoms with Gasteiger partial charge in [0.05, 0.1) is 6.61 Å². The molecule has 0 bridgehead atoms. The number of unbranched alkanes of at least 4 members (excludes halogenated alkanes) is 3. The molecule has 1 amide bonds.